The Kier molecular flexibility index (Phi) is 5.99. The zero-order valence-corrected chi connectivity index (χ0v) is 16.0. The highest BCUT2D eigenvalue weighted by Crippen LogP contribution is 2.28. The second-order valence-electron chi connectivity index (χ2n) is 6.62. The fraction of sp³-hybridized carbons (Fsp3) is 0.500. The van der Waals surface area contributed by atoms with E-state index in [-0.39, 0.29) is 17.6 Å². The third-order valence-corrected chi connectivity index (χ3v) is 5.28. The number of esters is 1. The van der Waals surface area contributed by atoms with E-state index in [9.17, 15) is 9.59 Å². The SMILES string of the molecule is CCOC(=O)[C@H]1CCCCN1Cc1cc(=O)oc2cc(CC)c(Cl)cc12. The topological polar surface area (TPSA) is 59.8 Å². The van der Waals surface area contributed by atoms with Crippen molar-refractivity contribution in [1.82, 2.24) is 4.90 Å². The fourth-order valence-corrected chi connectivity index (χ4v) is 3.89. The summed E-state index contributed by atoms with van der Waals surface area (Å²) >= 11 is 6.37. The van der Waals surface area contributed by atoms with Crippen molar-refractivity contribution < 1.29 is 13.9 Å². The van der Waals surface area contributed by atoms with Crippen LogP contribution in [0.25, 0.3) is 11.0 Å². The summed E-state index contributed by atoms with van der Waals surface area (Å²) in [6.45, 7) is 5.48. The zero-order chi connectivity index (χ0) is 18.7. The highest BCUT2D eigenvalue weighted by molar-refractivity contribution is 6.32. The van der Waals surface area contributed by atoms with Gasteiger partial charge in [0.25, 0.3) is 0 Å². The van der Waals surface area contributed by atoms with Gasteiger partial charge in [0.05, 0.1) is 6.61 Å². The van der Waals surface area contributed by atoms with Crippen LogP contribution in [0.2, 0.25) is 5.02 Å². The number of aryl methyl sites for hydroxylation is 1. The van der Waals surface area contributed by atoms with Gasteiger partial charge in [-0.1, -0.05) is 24.9 Å². The lowest BCUT2D eigenvalue weighted by atomic mass is 10.00. The molecule has 1 aromatic carbocycles. The van der Waals surface area contributed by atoms with Gasteiger partial charge in [0.2, 0.25) is 0 Å². The van der Waals surface area contributed by atoms with Crippen LogP contribution in [0.15, 0.2) is 27.4 Å². The number of hydrogen-bond donors (Lipinski definition) is 0. The van der Waals surface area contributed by atoms with Crippen molar-refractivity contribution in [2.24, 2.45) is 0 Å². The average molecular weight is 378 g/mol. The lowest BCUT2D eigenvalue weighted by molar-refractivity contribution is -0.151. The number of halogens is 1. The molecule has 1 aromatic heterocycles. The highest BCUT2D eigenvalue weighted by atomic mass is 35.5. The zero-order valence-electron chi connectivity index (χ0n) is 15.2. The third-order valence-electron chi connectivity index (χ3n) is 4.92. The highest BCUT2D eigenvalue weighted by Gasteiger charge is 2.30. The molecule has 0 aliphatic carbocycles. The van der Waals surface area contributed by atoms with Crippen LogP contribution in [0, 0.1) is 0 Å². The van der Waals surface area contributed by atoms with Gasteiger partial charge in [-0.3, -0.25) is 9.69 Å². The van der Waals surface area contributed by atoms with Gasteiger partial charge in [0.1, 0.15) is 11.6 Å². The molecular formula is C20H24ClNO4. The average Bonchev–Trinajstić information content (AvgIpc) is 2.62. The van der Waals surface area contributed by atoms with Crippen LogP contribution >= 0.6 is 11.6 Å². The quantitative estimate of drug-likeness (QED) is 0.583. The molecule has 1 aliphatic rings. The van der Waals surface area contributed by atoms with Crippen molar-refractivity contribution in [3.05, 3.63) is 44.8 Å². The number of fused-ring (bicyclic) bond motifs is 1. The number of piperidine rings is 1. The predicted octanol–water partition coefficient (Wildman–Crippen LogP) is 3.93. The molecule has 3 rings (SSSR count). The summed E-state index contributed by atoms with van der Waals surface area (Å²) in [7, 11) is 0. The Morgan fingerprint density at radius 3 is 2.81 bits per heavy atom. The van der Waals surface area contributed by atoms with Crippen LogP contribution in [0.1, 0.15) is 44.2 Å². The minimum absolute atomic E-state index is 0.189. The van der Waals surface area contributed by atoms with Gasteiger partial charge in [-0.25, -0.2) is 4.79 Å². The summed E-state index contributed by atoms with van der Waals surface area (Å²) in [5, 5.41) is 1.48. The first-order valence-corrected chi connectivity index (χ1v) is 9.57. The molecule has 1 fully saturated rings. The maximum atomic E-state index is 12.3. The van der Waals surface area contributed by atoms with Crippen molar-refractivity contribution in [2.75, 3.05) is 13.2 Å². The first kappa shape index (κ1) is 18.9. The number of carbonyl (C=O) groups is 1. The van der Waals surface area contributed by atoms with Gasteiger partial charge in [-0.2, -0.15) is 0 Å². The molecular weight excluding hydrogens is 354 g/mol. The van der Waals surface area contributed by atoms with Crippen LogP contribution in [-0.2, 0) is 22.5 Å². The molecule has 0 spiro atoms. The number of carbonyl (C=O) groups excluding carboxylic acids is 1. The minimum atomic E-state index is -0.387. The van der Waals surface area contributed by atoms with E-state index >= 15 is 0 Å². The molecule has 2 heterocycles. The molecule has 140 valence electrons. The van der Waals surface area contributed by atoms with Crippen LogP contribution in [0.4, 0.5) is 0 Å². The molecule has 2 aromatic rings. The summed E-state index contributed by atoms with van der Waals surface area (Å²) in [5.74, 6) is -0.189. The van der Waals surface area contributed by atoms with Crippen molar-refractivity contribution in [1.29, 1.82) is 0 Å². The number of rotatable bonds is 5. The number of hydrogen-bond acceptors (Lipinski definition) is 5. The number of nitrogens with zero attached hydrogens (tertiary/aromatic N) is 1. The third kappa shape index (κ3) is 3.94. The number of benzene rings is 1. The maximum Gasteiger partial charge on any atom is 0.336 e. The van der Waals surface area contributed by atoms with Gasteiger partial charge in [0.15, 0.2) is 0 Å². The molecule has 1 atom stereocenters. The molecule has 0 unspecified atom stereocenters. The summed E-state index contributed by atoms with van der Waals surface area (Å²) < 4.78 is 10.6. The molecule has 26 heavy (non-hydrogen) atoms. The van der Waals surface area contributed by atoms with Crippen molar-refractivity contribution in [3.63, 3.8) is 0 Å². The fourth-order valence-electron chi connectivity index (χ4n) is 3.59. The first-order valence-electron chi connectivity index (χ1n) is 9.19. The van der Waals surface area contributed by atoms with Gasteiger partial charge < -0.3 is 9.15 Å². The minimum Gasteiger partial charge on any atom is -0.465 e. The van der Waals surface area contributed by atoms with E-state index in [0.717, 1.165) is 48.7 Å². The second-order valence-corrected chi connectivity index (χ2v) is 7.03. The number of ether oxygens (including phenoxy) is 1. The Balaban J connectivity index is 1.97. The Morgan fingerprint density at radius 2 is 2.08 bits per heavy atom. The van der Waals surface area contributed by atoms with Gasteiger partial charge in [-0.15, -0.1) is 0 Å². The van der Waals surface area contributed by atoms with E-state index in [1.165, 1.54) is 6.07 Å². The molecule has 5 nitrogen and oxygen atoms in total. The summed E-state index contributed by atoms with van der Waals surface area (Å²) in [6, 6.07) is 4.93. The van der Waals surface area contributed by atoms with Gasteiger partial charge in [-0.05, 0) is 56.0 Å². The Morgan fingerprint density at radius 1 is 1.27 bits per heavy atom. The Hall–Kier alpha value is -1.85. The molecule has 0 N–H and O–H groups in total. The lowest BCUT2D eigenvalue weighted by Crippen LogP contribution is -2.45. The largest absolute Gasteiger partial charge is 0.465 e. The van der Waals surface area contributed by atoms with Crippen LogP contribution in [0.3, 0.4) is 0 Å². The molecule has 6 heteroatoms. The summed E-state index contributed by atoms with van der Waals surface area (Å²) in [6.07, 6.45) is 3.57. The van der Waals surface area contributed by atoms with Gasteiger partial charge >= 0.3 is 11.6 Å². The lowest BCUT2D eigenvalue weighted by Gasteiger charge is -2.34. The molecule has 1 saturated heterocycles. The Bertz CT molecular complexity index is 861. The van der Waals surface area contributed by atoms with E-state index < -0.39 is 0 Å². The predicted molar refractivity (Wildman–Crippen MR) is 102 cm³/mol. The summed E-state index contributed by atoms with van der Waals surface area (Å²) in [4.78, 5) is 26.4. The van der Waals surface area contributed by atoms with E-state index in [4.69, 9.17) is 20.8 Å². The standard InChI is InChI=1S/C20H24ClNO4/c1-3-13-9-18-15(11-16(13)21)14(10-19(23)26-18)12-22-8-6-5-7-17(22)20(24)25-4-2/h9-11,17H,3-8,12H2,1-2H3/t17-/m1/s1. The Labute approximate surface area is 157 Å². The van der Waals surface area contributed by atoms with Crippen LogP contribution in [-0.4, -0.2) is 30.1 Å². The molecule has 0 saturated carbocycles. The number of likely N-dealkylation sites (tertiary alicyclic amines) is 1. The van der Waals surface area contributed by atoms with E-state index in [1.807, 2.05) is 26.0 Å². The normalized spacial score (nSPS) is 18.2. The molecule has 1 aliphatic heterocycles. The van der Waals surface area contributed by atoms with E-state index in [2.05, 4.69) is 4.90 Å². The van der Waals surface area contributed by atoms with Crippen molar-refractivity contribution in [3.8, 4) is 0 Å². The van der Waals surface area contributed by atoms with E-state index in [0.29, 0.717) is 23.8 Å². The molecule has 0 amide bonds. The monoisotopic (exact) mass is 377 g/mol. The molecule has 0 radical (unpaired) electrons. The van der Waals surface area contributed by atoms with Gasteiger partial charge in [0, 0.05) is 23.0 Å². The second kappa shape index (κ2) is 8.23. The maximum absolute atomic E-state index is 12.3. The first-order chi connectivity index (χ1) is 12.5. The van der Waals surface area contributed by atoms with Crippen molar-refractivity contribution >= 4 is 28.5 Å². The smallest absolute Gasteiger partial charge is 0.336 e. The van der Waals surface area contributed by atoms with Crippen LogP contribution in [0.5, 0.6) is 0 Å². The summed E-state index contributed by atoms with van der Waals surface area (Å²) in [5.41, 5.74) is 1.93. The molecule has 0 bridgehead atoms. The van der Waals surface area contributed by atoms with E-state index in [1.54, 1.807) is 0 Å². The van der Waals surface area contributed by atoms with Crippen LogP contribution < -0.4 is 5.63 Å². The van der Waals surface area contributed by atoms with Crippen molar-refractivity contribution in [2.45, 2.75) is 52.1 Å².